The van der Waals surface area contributed by atoms with E-state index in [9.17, 15) is 0 Å². The minimum Gasteiger partial charge on any atom is -0.370 e. The fourth-order valence-corrected chi connectivity index (χ4v) is 2.03. The molecule has 0 saturated heterocycles. The second kappa shape index (κ2) is 5.12. The van der Waals surface area contributed by atoms with E-state index in [0.717, 1.165) is 25.3 Å². The van der Waals surface area contributed by atoms with E-state index >= 15 is 0 Å². The van der Waals surface area contributed by atoms with E-state index in [2.05, 4.69) is 16.4 Å². The second-order valence-electron chi connectivity index (χ2n) is 4.11. The topological polar surface area (TPSA) is 50.9 Å². The van der Waals surface area contributed by atoms with Gasteiger partial charge in [-0.3, -0.25) is 0 Å². The van der Waals surface area contributed by atoms with Crippen molar-refractivity contribution in [3.05, 3.63) is 23.4 Å². The van der Waals surface area contributed by atoms with Crippen LogP contribution in [0.2, 0.25) is 0 Å². The van der Waals surface area contributed by atoms with Gasteiger partial charge in [-0.25, -0.2) is 4.98 Å². The molecule has 0 spiro atoms. The molecule has 1 aromatic rings. The quantitative estimate of drug-likeness (QED) is 0.736. The van der Waals surface area contributed by atoms with Crippen LogP contribution >= 0.6 is 0 Å². The Morgan fingerprint density at radius 3 is 2.87 bits per heavy atom. The molecule has 0 unspecified atom stereocenters. The molecule has 1 heterocycles. The van der Waals surface area contributed by atoms with Crippen LogP contribution < -0.4 is 11.1 Å². The van der Waals surface area contributed by atoms with Gasteiger partial charge in [0.25, 0.3) is 0 Å². The number of nitrogens with two attached hydrogens (primary N) is 1. The molecule has 0 amide bonds. The van der Waals surface area contributed by atoms with Gasteiger partial charge in [0.05, 0.1) is 0 Å². The van der Waals surface area contributed by atoms with Crippen molar-refractivity contribution in [2.24, 2.45) is 5.73 Å². The summed E-state index contributed by atoms with van der Waals surface area (Å²) in [5, 5.41) is 3.30. The van der Waals surface area contributed by atoms with E-state index in [-0.39, 0.29) is 0 Å². The second-order valence-corrected chi connectivity index (χ2v) is 4.11. The van der Waals surface area contributed by atoms with Crippen LogP contribution in [-0.4, -0.2) is 18.1 Å². The number of nitrogens with one attached hydrogen (secondary N) is 1. The minimum atomic E-state index is 0.734. The van der Waals surface area contributed by atoms with Gasteiger partial charge in [-0.05, 0) is 55.8 Å². The van der Waals surface area contributed by atoms with Gasteiger partial charge in [0, 0.05) is 12.7 Å². The number of rotatable bonds is 4. The first kappa shape index (κ1) is 10.4. The predicted molar refractivity (Wildman–Crippen MR) is 63.0 cm³/mol. The van der Waals surface area contributed by atoms with Crippen molar-refractivity contribution in [3.63, 3.8) is 0 Å². The Kier molecular flexibility index (Phi) is 3.56. The molecular formula is C12H19N3. The number of aryl methyl sites for hydroxylation is 2. The Morgan fingerprint density at radius 1 is 1.27 bits per heavy atom. The molecule has 1 aliphatic carbocycles. The summed E-state index contributed by atoms with van der Waals surface area (Å²) in [5.74, 6) is 1.00. The molecule has 1 aromatic heterocycles. The fourth-order valence-electron chi connectivity index (χ4n) is 2.03. The molecule has 1 aliphatic rings. The fraction of sp³-hybridized carbons (Fsp3) is 0.583. The molecule has 15 heavy (non-hydrogen) atoms. The standard InChI is InChI=1S/C12H19N3/c13-6-3-7-14-12-8-10-4-1-2-5-11(10)9-15-12/h8-9H,1-7,13H2,(H,14,15). The number of anilines is 1. The van der Waals surface area contributed by atoms with Gasteiger partial charge in [0.15, 0.2) is 0 Å². The molecule has 0 aromatic carbocycles. The average Bonchev–Trinajstić information content (AvgIpc) is 2.29. The smallest absolute Gasteiger partial charge is 0.126 e. The third kappa shape index (κ3) is 2.69. The summed E-state index contributed by atoms with van der Waals surface area (Å²) in [7, 11) is 0. The average molecular weight is 205 g/mol. The lowest BCUT2D eigenvalue weighted by Crippen LogP contribution is -2.11. The monoisotopic (exact) mass is 205 g/mol. The van der Waals surface area contributed by atoms with Gasteiger partial charge in [0.1, 0.15) is 5.82 Å². The molecule has 0 aliphatic heterocycles. The number of fused-ring (bicyclic) bond motifs is 1. The number of nitrogens with zero attached hydrogens (tertiary/aromatic N) is 1. The number of pyridine rings is 1. The van der Waals surface area contributed by atoms with Crippen LogP contribution in [0.1, 0.15) is 30.4 Å². The summed E-state index contributed by atoms with van der Waals surface area (Å²) in [6, 6.07) is 2.20. The van der Waals surface area contributed by atoms with Crippen molar-refractivity contribution < 1.29 is 0 Å². The highest BCUT2D eigenvalue weighted by Crippen LogP contribution is 2.22. The normalized spacial score (nSPS) is 14.7. The number of hydrogen-bond donors (Lipinski definition) is 2. The first-order valence-corrected chi connectivity index (χ1v) is 5.82. The lowest BCUT2D eigenvalue weighted by molar-refractivity contribution is 0.682. The molecule has 0 fully saturated rings. The van der Waals surface area contributed by atoms with Gasteiger partial charge < -0.3 is 11.1 Å². The zero-order chi connectivity index (χ0) is 10.5. The van der Waals surface area contributed by atoms with Crippen LogP contribution in [-0.2, 0) is 12.8 Å². The first-order valence-electron chi connectivity index (χ1n) is 5.82. The van der Waals surface area contributed by atoms with Crippen molar-refractivity contribution in [1.82, 2.24) is 4.98 Å². The number of hydrogen-bond acceptors (Lipinski definition) is 3. The van der Waals surface area contributed by atoms with E-state index in [1.54, 1.807) is 0 Å². The Morgan fingerprint density at radius 2 is 2.07 bits per heavy atom. The van der Waals surface area contributed by atoms with Crippen molar-refractivity contribution in [3.8, 4) is 0 Å². The van der Waals surface area contributed by atoms with Crippen molar-refractivity contribution >= 4 is 5.82 Å². The van der Waals surface area contributed by atoms with E-state index in [1.807, 2.05) is 6.20 Å². The molecule has 0 radical (unpaired) electrons. The predicted octanol–water partition coefficient (Wildman–Crippen LogP) is 1.72. The van der Waals surface area contributed by atoms with Crippen LogP contribution in [0.25, 0.3) is 0 Å². The van der Waals surface area contributed by atoms with Gasteiger partial charge in [-0.15, -0.1) is 0 Å². The van der Waals surface area contributed by atoms with Crippen LogP contribution in [0.3, 0.4) is 0 Å². The zero-order valence-corrected chi connectivity index (χ0v) is 9.13. The molecule has 2 rings (SSSR count). The lowest BCUT2D eigenvalue weighted by Gasteiger charge is -2.16. The van der Waals surface area contributed by atoms with Crippen LogP contribution in [0.15, 0.2) is 12.3 Å². The van der Waals surface area contributed by atoms with Crippen molar-refractivity contribution in [2.45, 2.75) is 32.1 Å². The minimum absolute atomic E-state index is 0.734. The molecule has 3 heteroatoms. The third-order valence-electron chi connectivity index (χ3n) is 2.91. The molecule has 82 valence electrons. The zero-order valence-electron chi connectivity index (χ0n) is 9.13. The highest BCUT2D eigenvalue weighted by atomic mass is 15.0. The summed E-state index contributed by atoms with van der Waals surface area (Å²) in [5.41, 5.74) is 8.36. The van der Waals surface area contributed by atoms with Gasteiger partial charge in [-0.2, -0.15) is 0 Å². The van der Waals surface area contributed by atoms with Crippen molar-refractivity contribution in [2.75, 3.05) is 18.4 Å². The third-order valence-corrected chi connectivity index (χ3v) is 2.91. The van der Waals surface area contributed by atoms with E-state index < -0.39 is 0 Å². The lowest BCUT2D eigenvalue weighted by atomic mass is 9.93. The molecule has 0 bridgehead atoms. The highest BCUT2D eigenvalue weighted by Gasteiger charge is 2.09. The summed E-state index contributed by atoms with van der Waals surface area (Å²) in [6.07, 6.45) is 8.07. The molecular weight excluding hydrogens is 186 g/mol. The number of aromatic nitrogens is 1. The largest absolute Gasteiger partial charge is 0.370 e. The van der Waals surface area contributed by atoms with Crippen LogP contribution in [0.5, 0.6) is 0 Å². The summed E-state index contributed by atoms with van der Waals surface area (Å²) >= 11 is 0. The van der Waals surface area contributed by atoms with Gasteiger partial charge in [0.2, 0.25) is 0 Å². The maximum absolute atomic E-state index is 5.44. The van der Waals surface area contributed by atoms with Crippen LogP contribution in [0.4, 0.5) is 5.82 Å². The SMILES string of the molecule is NCCCNc1cc2c(cn1)CCCC2. The maximum Gasteiger partial charge on any atom is 0.126 e. The molecule has 0 saturated carbocycles. The van der Waals surface area contributed by atoms with E-state index in [0.29, 0.717) is 0 Å². The highest BCUT2D eigenvalue weighted by molar-refractivity contribution is 5.41. The maximum atomic E-state index is 5.44. The Balaban J connectivity index is 2.00. The van der Waals surface area contributed by atoms with Crippen molar-refractivity contribution in [1.29, 1.82) is 0 Å². The van der Waals surface area contributed by atoms with Gasteiger partial charge in [-0.1, -0.05) is 0 Å². The Labute approximate surface area is 91.1 Å². The van der Waals surface area contributed by atoms with Gasteiger partial charge >= 0.3 is 0 Å². The Bertz CT molecular complexity index is 323. The summed E-state index contributed by atoms with van der Waals surface area (Å²) in [6.45, 7) is 1.65. The molecule has 0 atom stereocenters. The van der Waals surface area contributed by atoms with E-state index in [4.69, 9.17) is 5.73 Å². The first-order chi connectivity index (χ1) is 7.40. The molecule has 3 N–H and O–H groups in total. The Hall–Kier alpha value is -1.09. The van der Waals surface area contributed by atoms with Crippen LogP contribution in [0, 0.1) is 0 Å². The summed E-state index contributed by atoms with van der Waals surface area (Å²) in [4.78, 5) is 4.41. The van der Waals surface area contributed by atoms with E-state index in [1.165, 1.54) is 36.8 Å². The summed E-state index contributed by atoms with van der Waals surface area (Å²) < 4.78 is 0. The molecule has 3 nitrogen and oxygen atoms in total.